The van der Waals surface area contributed by atoms with Crippen LogP contribution < -0.4 is 0 Å². The zero-order valence-electron chi connectivity index (χ0n) is 36.6. The molecule has 0 N–H and O–H groups in total. The zero-order valence-corrected chi connectivity index (χ0v) is 24.6. The Hall–Kier alpha value is -6.18. The molecule has 1 heterocycles. The molecule has 0 saturated carbocycles. The number of benzene rings is 9. The van der Waals surface area contributed by atoms with Crippen LogP contribution in [0.15, 0.2) is 174 Å². The molecule has 0 atom stereocenters. The van der Waals surface area contributed by atoms with E-state index in [4.69, 9.17) is 15.4 Å². The van der Waals surface area contributed by atoms with E-state index in [9.17, 15) is 5.48 Å². The van der Waals surface area contributed by atoms with Crippen molar-refractivity contribution in [3.63, 3.8) is 0 Å². The fourth-order valence-corrected chi connectivity index (χ4v) is 6.83. The highest BCUT2D eigenvalue weighted by Crippen LogP contribution is 2.45. The smallest absolute Gasteiger partial charge is 0.135 e. The minimum atomic E-state index is -0.474. The molecule has 0 aliphatic heterocycles. The lowest BCUT2D eigenvalue weighted by Gasteiger charge is -2.18. The van der Waals surface area contributed by atoms with E-state index in [1.165, 1.54) is 0 Å². The summed E-state index contributed by atoms with van der Waals surface area (Å²) in [7, 11) is 0. The Bertz CT molecular complexity index is 3410. The Morgan fingerprint density at radius 2 is 0.872 bits per heavy atom. The molecule has 0 spiro atoms. The SMILES string of the molecule is [2H]c1c([2H])c([2H])c2oc(-c3ccc4cc(-c5c6c([2H])c([2H])c([2H])c([2H])c6c(-c6ccc7c(ccc8ccccc87)c6)c6c([2H])c([2H])c([2H])c([2H])c56)ccc4c3)cc2c1[2H]. The summed E-state index contributed by atoms with van der Waals surface area (Å²) in [6.45, 7) is 0. The summed E-state index contributed by atoms with van der Waals surface area (Å²) in [6, 6.07) is 25.6. The molecule has 0 bridgehead atoms. The van der Waals surface area contributed by atoms with Crippen molar-refractivity contribution in [3.8, 4) is 33.6 Å². The number of fused-ring (bicyclic) bond motifs is 7. The fraction of sp³-hybridized carbons (Fsp3) is 0. The van der Waals surface area contributed by atoms with Gasteiger partial charge in [-0.25, -0.2) is 0 Å². The Balaban J connectivity index is 1.27. The van der Waals surface area contributed by atoms with Crippen molar-refractivity contribution >= 4 is 64.8 Å². The molecule has 9 aromatic carbocycles. The van der Waals surface area contributed by atoms with Gasteiger partial charge in [0.25, 0.3) is 0 Å². The molecule has 10 rings (SSSR count). The summed E-state index contributed by atoms with van der Waals surface area (Å²) >= 11 is 0. The first-order chi connectivity index (χ1) is 28.3. The highest BCUT2D eigenvalue weighted by molar-refractivity contribution is 6.22. The molecule has 218 valence electrons. The summed E-state index contributed by atoms with van der Waals surface area (Å²) in [6.07, 6.45) is 0. The van der Waals surface area contributed by atoms with Gasteiger partial charge in [0.2, 0.25) is 0 Å². The van der Waals surface area contributed by atoms with Gasteiger partial charge in [-0.05, 0) is 106 Å². The maximum Gasteiger partial charge on any atom is 0.135 e. The number of hydrogen-bond donors (Lipinski definition) is 0. The lowest BCUT2D eigenvalue weighted by molar-refractivity contribution is 0.631. The number of rotatable bonds is 3. The third-order valence-electron chi connectivity index (χ3n) is 8.99. The van der Waals surface area contributed by atoms with Gasteiger partial charge in [-0.2, -0.15) is 0 Å². The van der Waals surface area contributed by atoms with Crippen LogP contribution in [-0.2, 0) is 0 Å². The van der Waals surface area contributed by atoms with Crippen molar-refractivity contribution in [2.24, 2.45) is 0 Å². The third-order valence-corrected chi connectivity index (χ3v) is 8.99. The highest BCUT2D eigenvalue weighted by atomic mass is 16.3. The van der Waals surface area contributed by atoms with Crippen molar-refractivity contribution < 1.29 is 20.9 Å². The highest BCUT2D eigenvalue weighted by Gasteiger charge is 2.17. The van der Waals surface area contributed by atoms with Crippen molar-refractivity contribution in [1.29, 1.82) is 0 Å². The molecule has 47 heavy (non-hydrogen) atoms. The van der Waals surface area contributed by atoms with Gasteiger partial charge in [0.15, 0.2) is 0 Å². The van der Waals surface area contributed by atoms with Crippen LogP contribution in [0.1, 0.15) is 16.4 Å². The topological polar surface area (TPSA) is 13.1 Å². The van der Waals surface area contributed by atoms with Gasteiger partial charge in [-0.3, -0.25) is 0 Å². The Morgan fingerprint density at radius 1 is 0.362 bits per heavy atom. The van der Waals surface area contributed by atoms with Gasteiger partial charge in [-0.1, -0.05) is 139 Å². The van der Waals surface area contributed by atoms with Crippen molar-refractivity contribution in [3.05, 3.63) is 170 Å². The van der Waals surface area contributed by atoms with Crippen LogP contribution in [0.5, 0.6) is 0 Å². The minimum absolute atomic E-state index is 0.0509. The molecule has 0 aliphatic carbocycles. The maximum atomic E-state index is 9.34. The number of furan rings is 1. The summed E-state index contributed by atoms with van der Waals surface area (Å²) in [4.78, 5) is 0. The van der Waals surface area contributed by atoms with Crippen molar-refractivity contribution in [2.45, 2.75) is 0 Å². The lowest BCUT2D eigenvalue weighted by Crippen LogP contribution is -1.91. The molecule has 10 aromatic rings. The first kappa shape index (κ1) is 16.9. The molecular weight excluding hydrogens is 569 g/mol. The summed E-state index contributed by atoms with van der Waals surface area (Å²) in [5.74, 6) is 0.347. The molecule has 0 unspecified atom stereocenters. The molecule has 0 saturated heterocycles. The molecule has 1 nitrogen and oxygen atoms in total. The van der Waals surface area contributed by atoms with Gasteiger partial charge < -0.3 is 4.42 Å². The van der Waals surface area contributed by atoms with Crippen LogP contribution in [0.3, 0.4) is 0 Å². The van der Waals surface area contributed by atoms with Gasteiger partial charge in [-0.15, -0.1) is 0 Å². The second-order valence-corrected chi connectivity index (χ2v) is 11.6. The Labute approximate surface area is 288 Å². The first-order valence-electron chi connectivity index (χ1n) is 21.2. The second-order valence-electron chi connectivity index (χ2n) is 11.6. The van der Waals surface area contributed by atoms with Gasteiger partial charge in [0.05, 0.1) is 16.4 Å². The molecule has 0 radical (unpaired) electrons. The molecular formula is C46H28O. The average molecular weight is 609 g/mol. The molecule has 0 aliphatic rings. The van der Waals surface area contributed by atoms with E-state index in [0.717, 1.165) is 26.9 Å². The van der Waals surface area contributed by atoms with Crippen molar-refractivity contribution in [1.82, 2.24) is 0 Å². The Kier molecular flexibility index (Phi) is 3.66. The van der Waals surface area contributed by atoms with E-state index in [1.807, 2.05) is 78.9 Å². The third kappa shape index (κ3) is 4.10. The summed E-state index contributed by atoms with van der Waals surface area (Å²) in [5, 5.41) is 6.13. The van der Waals surface area contributed by atoms with E-state index in [0.29, 0.717) is 27.8 Å². The lowest BCUT2D eigenvalue weighted by atomic mass is 9.85. The van der Waals surface area contributed by atoms with Crippen LogP contribution >= 0.6 is 0 Å². The number of hydrogen-bond acceptors (Lipinski definition) is 1. The zero-order chi connectivity index (χ0) is 41.3. The molecule has 0 fully saturated rings. The quantitative estimate of drug-likeness (QED) is 0.144. The van der Waals surface area contributed by atoms with Crippen molar-refractivity contribution in [2.75, 3.05) is 0 Å². The standard InChI is InChI=1S/C46H28O/c1-3-11-37-29(9-1)17-20-32-27-36(23-24-38(32)37)46-41-14-6-4-12-39(41)45(40-13-5-7-15-42(40)46)35-22-19-30-25-34(21-18-31(30)26-35)44-28-33-10-2-8-16-43(33)47-44/h1-28H/i2D,4D,5D,6D,7D,8D,10D,12D,13D,14D,15D,16D. The van der Waals surface area contributed by atoms with Crippen LogP contribution in [0, 0.1) is 0 Å². The molecule has 1 heteroatoms. The van der Waals surface area contributed by atoms with E-state index < -0.39 is 24.2 Å². The first-order valence-corrected chi connectivity index (χ1v) is 15.2. The van der Waals surface area contributed by atoms with Gasteiger partial charge in [0.1, 0.15) is 11.3 Å². The summed E-state index contributed by atoms with van der Waals surface area (Å²) < 4.78 is 111. The summed E-state index contributed by atoms with van der Waals surface area (Å²) in [5.41, 5.74) is 2.20. The maximum absolute atomic E-state index is 9.34. The van der Waals surface area contributed by atoms with Gasteiger partial charge >= 0.3 is 0 Å². The normalized spacial score (nSPS) is 15.4. The molecule has 1 aromatic heterocycles. The van der Waals surface area contributed by atoms with E-state index in [1.54, 1.807) is 18.2 Å². The Morgan fingerprint density at radius 3 is 1.60 bits per heavy atom. The van der Waals surface area contributed by atoms with Crippen LogP contribution in [0.2, 0.25) is 0 Å². The predicted octanol–water partition coefficient (Wildman–Crippen LogP) is 13.2. The van der Waals surface area contributed by atoms with E-state index >= 15 is 0 Å². The van der Waals surface area contributed by atoms with Crippen LogP contribution in [0.25, 0.3) is 98.4 Å². The van der Waals surface area contributed by atoms with Crippen LogP contribution in [0.4, 0.5) is 0 Å². The fourth-order valence-electron chi connectivity index (χ4n) is 6.83. The largest absolute Gasteiger partial charge is 0.456 e. The second kappa shape index (κ2) is 10.2. The van der Waals surface area contributed by atoms with Gasteiger partial charge in [0, 0.05) is 10.9 Å². The minimum Gasteiger partial charge on any atom is -0.456 e. The average Bonchev–Trinajstić information content (AvgIpc) is 3.72. The van der Waals surface area contributed by atoms with E-state index in [2.05, 4.69) is 0 Å². The monoisotopic (exact) mass is 608 g/mol. The molecule has 0 amide bonds. The predicted molar refractivity (Wildman–Crippen MR) is 200 cm³/mol. The van der Waals surface area contributed by atoms with E-state index in [-0.39, 0.29) is 92.0 Å². The number of para-hydroxylation sites is 1. The van der Waals surface area contributed by atoms with Crippen LogP contribution in [-0.4, -0.2) is 0 Å².